The molecule has 4 heteroatoms. The van der Waals surface area contributed by atoms with E-state index in [4.69, 9.17) is 0 Å². The van der Waals surface area contributed by atoms with Crippen molar-refractivity contribution in [2.75, 3.05) is 0 Å². The first-order valence-electron chi connectivity index (χ1n) is 7.79. The Hall–Kier alpha value is -3.40. The van der Waals surface area contributed by atoms with Crippen LogP contribution in [0.3, 0.4) is 0 Å². The number of benzene rings is 2. The number of rotatable bonds is 1. The van der Waals surface area contributed by atoms with E-state index in [1.54, 1.807) is 43.3 Å². The monoisotopic (exact) mass is 328 g/mol. The van der Waals surface area contributed by atoms with Crippen molar-refractivity contribution in [3.05, 3.63) is 88.0 Å². The number of ketones is 4. The summed E-state index contributed by atoms with van der Waals surface area (Å²) in [7, 11) is 0. The maximum Gasteiger partial charge on any atom is 0.195 e. The van der Waals surface area contributed by atoms with Gasteiger partial charge in [0.25, 0.3) is 0 Å². The predicted molar refractivity (Wildman–Crippen MR) is 91.6 cm³/mol. The number of carbonyl (C=O) groups is 4. The van der Waals surface area contributed by atoms with Crippen LogP contribution < -0.4 is 0 Å². The van der Waals surface area contributed by atoms with Crippen molar-refractivity contribution >= 4 is 28.7 Å². The molecule has 0 heterocycles. The summed E-state index contributed by atoms with van der Waals surface area (Å²) in [6, 6.07) is 9.94. The van der Waals surface area contributed by atoms with E-state index in [9.17, 15) is 19.2 Å². The molecule has 0 bridgehead atoms. The molecule has 25 heavy (non-hydrogen) atoms. The van der Waals surface area contributed by atoms with Crippen molar-refractivity contribution in [3.8, 4) is 0 Å². The van der Waals surface area contributed by atoms with Crippen LogP contribution in [0.5, 0.6) is 0 Å². The standard InChI is InChI=1S/C21H12O4/c1-11-6-8-15-19(18(11)16-10-12(22)7-9-17(16)23)21(25)14-5-3-2-4-13(14)20(15)24/h2-10H,1H3. The van der Waals surface area contributed by atoms with Gasteiger partial charge in [0.05, 0.1) is 0 Å². The van der Waals surface area contributed by atoms with Gasteiger partial charge in [-0.15, -0.1) is 0 Å². The van der Waals surface area contributed by atoms with Crippen molar-refractivity contribution in [3.63, 3.8) is 0 Å². The van der Waals surface area contributed by atoms with Crippen LogP contribution in [0.25, 0.3) is 5.57 Å². The maximum absolute atomic E-state index is 13.1. The molecule has 0 saturated carbocycles. The van der Waals surface area contributed by atoms with Gasteiger partial charge in [-0.05, 0) is 36.8 Å². The second kappa shape index (κ2) is 5.31. The summed E-state index contributed by atoms with van der Waals surface area (Å²) in [4.78, 5) is 49.9. The van der Waals surface area contributed by atoms with Gasteiger partial charge in [0.1, 0.15) is 0 Å². The highest BCUT2D eigenvalue weighted by atomic mass is 16.1. The number of hydrogen-bond acceptors (Lipinski definition) is 4. The van der Waals surface area contributed by atoms with E-state index in [1.165, 1.54) is 18.2 Å². The SMILES string of the molecule is Cc1ccc2c(c1C1=CC(=O)C=CC1=O)C(=O)c1ccccc1C2=O. The minimum atomic E-state index is -0.352. The van der Waals surface area contributed by atoms with E-state index in [2.05, 4.69) is 0 Å². The highest BCUT2D eigenvalue weighted by Gasteiger charge is 2.34. The number of fused-ring (bicyclic) bond motifs is 2. The van der Waals surface area contributed by atoms with E-state index in [0.29, 0.717) is 22.3 Å². The first kappa shape index (κ1) is 15.1. The molecule has 120 valence electrons. The van der Waals surface area contributed by atoms with Crippen LogP contribution in [0.4, 0.5) is 0 Å². The molecule has 0 fully saturated rings. The molecule has 0 spiro atoms. The fourth-order valence-electron chi connectivity index (χ4n) is 3.34. The zero-order valence-corrected chi connectivity index (χ0v) is 13.3. The van der Waals surface area contributed by atoms with Crippen LogP contribution in [0.1, 0.15) is 43.0 Å². The lowest BCUT2D eigenvalue weighted by Crippen LogP contribution is -2.24. The average Bonchev–Trinajstić information content (AvgIpc) is 2.62. The summed E-state index contributed by atoms with van der Waals surface area (Å²) < 4.78 is 0. The van der Waals surface area contributed by atoms with Crippen LogP contribution in [-0.2, 0) is 9.59 Å². The van der Waals surface area contributed by atoms with Crippen molar-refractivity contribution in [2.45, 2.75) is 6.92 Å². The topological polar surface area (TPSA) is 68.3 Å². The molecule has 0 aromatic heterocycles. The zero-order chi connectivity index (χ0) is 17.7. The van der Waals surface area contributed by atoms with Crippen LogP contribution >= 0.6 is 0 Å². The van der Waals surface area contributed by atoms with Gasteiger partial charge in [0.2, 0.25) is 0 Å². The summed E-state index contributed by atoms with van der Waals surface area (Å²) in [6.45, 7) is 1.75. The molecule has 0 N–H and O–H groups in total. The van der Waals surface area contributed by atoms with Crippen molar-refractivity contribution < 1.29 is 19.2 Å². The van der Waals surface area contributed by atoms with E-state index in [-0.39, 0.29) is 39.8 Å². The van der Waals surface area contributed by atoms with Gasteiger partial charge in [-0.3, -0.25) is 19.2 Å². The smallest absolute Gasteiger partial charge is 0.195 e. The number of hydrogen-bond donors (Lipinski definition) is 0. The Morgan fingerprint density at radius 2 is 1.36 bits per heavy atom. The lowest BCUT2D eigenvalue weighted by Gasteiger charge is -2.22. The van der Waals surface area contributed by atoms with Gasteiger partial charge in [-0.2, -0.15) is 0 Å². The Kier molecular flexibility index (Phi) is 3.22. The number of allylic oxidation sites excluding steroid dienone is 4. The summed E-state index contributed by atoms with van der Waals surface area (Å²) in [5, 5.41) is 0. The lowest BCUT2D eigenvalue weighted by atomic mass is 9.78. The lowest BCUT2D eigenvalue weighted by molar-refractivity contribution is -0.113. The molecule has 4 nitrogen and oxygen atoms in total. The minimum Gasteiger partial charge on any atom is -0.290 e. The highest BCUT2D eigenvalue weighted by molar-refractivity contribution is 6.37. The molecule has 2 aliphatic carbocycles. The Balaban J connectivity index is 2.04. The normalized spacial score (nSPS) is 15.8. The molecule has 0 aliphatic heterocycles. The molecule has 0 radical (unpaired) electrons. The molecule has 0 amide bonds. The highest BCUT2D eigenvalue weighted by Crippen LogP contribution is 2.35. The van der Waals surface area contributed by atoms with E-state index >= 15 is 0 Å². The Bertz CT molecular complexity index is 1070. The Morgan fingerprint density at radius 3 is 2.08 bits per heavy atom. The van der Waals surface area contributed by atoms with Crippen LogP contribution in [-0.4, -0.2) is 23.1 Å². The Morgan fingerprint density at radius 1 is 0.680 bits per heavy atom. The van der Waals surface area contributed by atoms with Gasteiger partial charge >= 0.3 is 0 Å². The van der Waals surface area contributed by atoms with Crippen LogP contribution in [0.2, 0.25) is 0 Å². The molecule has 4 rings (SSSR count). The van der Waals surface area contributed by atoms with Gasteiger partial charge in [-0.25, -0.2) is 0 Å². The van der Waals surface area contributed by atoms with E-state index in [0.717, 1.165) is 0 Å². The number of aryl methyl sites for hydroxylation is 1. The Labute approximate surface area is 143 Å². The van der Waals surface area contributed by atoms with Gasteiger partial charge < -0.3 is 0 Å². The second-order valence-electron chi connectivity index (χ2n) is 6.04. The maximum atomic E-state index is 13.1. The predicted octanol–water partition coefficient (Wildman–Crippen LogP) is 2.86. The summed E-state index contributed by atoms with van der Waals surface area (Å²) in [5.74, 6) is -1.23. The van der Waals surface area contributed by atoms with Crippen molar-refractivity contribution in [2.24, 2.45) is 0 Å². The van der Waals surface area contributed by atoms with Gasteiger partial charge in [-0.1, -0.05) is 30.3 Å². The molecule has 0 atom stereocenters. The molecule has 2 aromatic rings. The van der Waals surface area contributed by atoms with E-state index < -0.39 is 0 Å². The summed E-state index contributed by atoms with van der Waals surface area (Å²) in [5.41, 5.74) is 2.33. The fraction of sp³-hybridized carbons (Fsp3) is 0.0476. The molecule has 0 unspecified atom stereocenters. The van der Waals surface area contributed by atoms with Crippen molar-refractivity contribution in [1.82, 2.24) is 0 Å². The summed E-state index contributed by atoms with van der Waals surface area (Å²) in [6.07, 6.45) is 3.61. The third-order valence-electron chi connectivity index (χ3n) is 4.52. The fourth-order valence-corrected chi connectivity index (χ4v) is 3.34. The molecular weight excluding hydrogens is 316 g/mol. The first-order valence-corrected chi connectivity index (χ1v) is 7.79. The quantitative estimate of drug-likeness (QED) is 0.644. The van der Waals surface area contributed by atoms with Crippen LogP contribution in [0, 0.1) is 6.92 Å². The van der Waals surface area contributed by atoms with Gasteiger partial charge in [0.15, 0.2) is 23.1 Å². The van der Waals surface area contributed by atoms with Crippen molar-refractivity contribution in [1.29, 1.82) is 0 Å². The third kappa shape index (κ3) is 2.15. The first-order chi connectivity index (χ1) is 12.0. The molecule has 2 aromatic carbocycles. The second-order valence-corrected chi connectivity index (χ2v) is 6.04. The largest absolute Gasteiger partial charge is 0.290 e. The third-order valence-corrected chi connectivity index (χ3v) is 4.52. The molecule has 2 aliphatic rings. The van der Waals surface area contributed by atoms with Crippen LogP contribution in [0.15, 0.2) is 54.6 Å². The molecular formula is C21H12O4. The average molecular weight is 328 g/mol. The van der Waals surface area contributed by atoms with Gasteiger partial charge in [0, 0.05) is 33.4 Å². The zero-order valence-electron chi connectivity index (χ0n) is 13.3. The minimum absolute atomic E-state index is 0.155. The van der Waals surface area contributed by atoms with E-state index in [1.807, 2.05) is 0 Å². The number of carbonyl (C=O) groups excluding carboxylic acids is 4. The summed E-state index contributed by atoms with van der Waals surface area (Å²) >= 11 is 0. The molecule has 0 saturated heterocycles.